The van der Waals surface area contributed by atoms with Crippen molar-refractivity contribution in [2.75, 3.05) is 5.32 Å². The van der Waals surface area contributed by atoms with E-state index in [1.807, 2.05) is 43.5 Å². The summed E-state index contributed by atoms with van der Waals surface area (Å²) < 4.78 is 0. The minimum absolute atomic E-state index is 0.306. The standard InChI is InChI=1S/C15H15N3O/c1-10-11(9-17-18-10)8-16-14-6-2-5-13-12(14)4-3-7-15(13)19/h2-7,9,16,19H,8H2,1H3,(H,17,18). The number of aromatic hydroxyl groups is 1. The normalized spacial score (nSPS) is 10.8. The number of hydrogen-bond donors (Lipinski definition) is 3. The van der Waals surface area contributed by atoms with E-state index in [9.17, 15) is 5.11 Å². The van der Waals surface area contributed by atoms with E-state index in [2.05, 4.69) is 15.5 Å². The van der Waals surface area contributed by atoms with E-state index in [0.29, 0.717) is 12.3 Å². The van der Waals surface area contributed by atoms with Crippen molar-refractivity contribution in [3.8, 4) is 5.75 Å². The predicted octanol–water partition coefficient (Wildman–Crippen LogP) is 3.19. The SMILES string of the molecule is Cc1[nH]ncc1CNc1cccc2c(O)cccc12. The number of H-pyrrole nitrogens is 1. The molecule has 0 radical (unpaired) electrons. The summed E-state index contributed by atoms with van der Waals surface area (Å²) in [5, 5.41) is 22.0. The fraction of sp³-hybridized carbons (Fsp3) is 0.133. The molecule has 0 bridgehead atoms. The molecule has 0 saturated heterocycles. The molecular formula is C15H15N3O. The van der Waals surface area contributed by atoms with Crippen LogP contribution in [0.2, 0.25) is 0 Å². The van der Waals surface area contributed by atoms with Gasteiger partial charge in [-0.15, -0.1) is 0 Å². The second kappa shape index (κ2) is 4.65. The zero-order valence-electron chi connectivity index (χ0n) is 10.6. The van der Waals surface area contributed by atoms with Crippen molar-refractivity contribution >= 4 is 16.5 Å². The first-order valence-electron chi connectivity index (χ1n) is 6.19. The van der Waals surface area contributed by atoms with Gasteiger partial charge in [0.15, 0.2) is 0 Å². The third kappa shape index (κ3) is 2.12. The topological polar surface area (TPSA) is 60.9 Å². The van der Waals surface area contributed by atoms with Crippen LogP contribution in [0.3, 0.4) is 0 Å². The third-order valence-corrected chi connectivity index (χ3v) is 3.30. The van der Waals surface area contributed by atoms with Crippen molar-refractivity contribution in [2.45, 2.75) is 13.5 Å². The lowest BCUT2D eigenvalue weighted by molar-refractivity contribution is 0.481. The number of phenols is 1. The summed E-state index contributed by atoms with van der Waals surface area (Å²) in [6.45, 7) is 2.70. The van der Waals surface area contributed by atoms with Crippen LogP contribution in [0.25, 0.3) is 10.8 Å². The minimum atomic E-state index is 0.306. The number of aryl methyl sites for hydroxylation is 1. The fourth-order valence-corrected chi connectivity index (χ4v) is 2.19. The Labute approximate surface area is 111 Å². The third-order valence-electron chi connectivity index (χ3n) is 3.30. The van der Waals surface area contributed by atoms with Crippen LogP contribution in [-0.4, -0.2) is 15.3 Å². The molecule has 0 amide bonds. The fourth-order valence-electron chi connectivity index (χ4n) is 2.19. The molecule has 19 heavy (non-hydrogen) atoms. The summed E-state index contributed by atoms with van der Waals surface area (Å²) in [5.41, 5.74) is 3.21. The number of phenolic OH excluding ortho intramolecular Hbond substituents is 1. The maximum atomic E-state index is 9.85. The van der Waals surface area contributed by atoms with Crippen molar-refractivity contribution in [1.82, 2.24) is 10.2 Å². The van der Waals surface area contributed by atoms with E-state index in [1.165, 1.54) is 0 Å². The number of rotatable bonds is 3. The lowest BCUT2D eigenvalue weighted by Crippen LogP contribution is -2.00. The van der Waals surface area contributed by atoms with Crippen LogP contribution in [0.4, 0.5) is 5.69 Å². The molecule has 0 aliphatic heterocycles. The molecule has 0 unspecified atom stereocenters. The average molecular weight is 253 g/mol. The first-order valence-corrected chi connectivity index (χ1v) is 6.19. The number of hydrogen-bond acceptors (Lipinski definition) is 3. The van der Waals surface area contributed by atoms with Crippen LogP contribution in [0, 0.1) is 6.92 Å². The molecule has 1 heterocycles. The van der Waals surface area contributed by atoms with E-state index in [0.717, 1.165) is 27.7 Å². The largest absolute Gasteiger partial charge is 0.507 e. The minimum Gasteiger partial charge on any atom is -0.507 e. The Morgan fingerprint density at radius 3 is 2.74 bits per heavy atom. The van der Waals surface area contributed by atoms with Gasteiger partial charge in [-0.25, -0.2) is 0 Å². The van der Waals surface area contributed by atoms with Gasteiger partial charge in [-0.2, -0.15) is 5.10 Å². The van der Waals surface area contributed by atoms with Gasteiger partial charge in [0.05, 0.1) is 6.20 Å². The lowest BCUT2D eigenvalue weighted by Gasteiger charge is -2.10. The first kappa shape index (κ1) is 11.6. The number of aromatic nitrogens is 2. The van der Waals surface area contributed by atoms with Crippen molar-refractivity contribution in [1.29, 1.82) is 0 Å². The molecule has 3 aromatic rings. The zero-order valence-corrected chi connectivity index (χ0v) is 10.6. The quantitative estimate of drug-likeness (QED) is 0.671. The summed E-state index contributed by atoms with van der Waals surface area (Å²) in [7, 11) is 0. The van der Waals surface area contributed by atoms with E-state index in [-0.39, 0.29) is 0 Å². The smallest absolute Gasteiger partial charge is 0.123 e. The van der Waals surface area contributed by atoms with Gasteiger partial charge in [-0.05, 0) is 19.1 Å². The summed E-state index contributed by atoms with van der Waals surface area (Å²) in [5.74, 6) is 0.306. The molecule has 0 fully saturated rings. The highest BCUT2D eigenvalue weighted by Crippen LogP contribution is 2.30. The average Bonchev–Trinajstić information content (AvgIpc) is 2.82. The molecule has 3 rings (SSSR count). The number of fused-ring (bicyclic) bond motifs is 1. The van der Waals surface area contributed by atoms with Gasteiger partial charge in [0.1, 0.15) is 5.75 Å². The molecule has 3 N–H and O–H groups in total. The van der Waals surface area contributed by atoms with E-state index in [4.69, 9.17) is 0 Å². The van der Waals surface area contributed by atoms with Gasteiger partial charge in [0.25, 0.3) is 0 Å². The highest BCUT2D eigenvalue weighted by Gasteiger charge is 2.05. The highest BCUT2D eigenvalue weighted by molar-refractivity contribution is 5.97. The first-order chi connectivity index (χ1) is 9.25. The predicted molar refractivity (Wildman–Crippen MR) is 76.3 cm³/mol. The van der Waals surface area contributed by atoms with Crippen LogP contribution in [0.5, 0.6) is 5.75 Å². The molecule has 2 aromatic carbocycles. The molecule has 1 aromatic heterocycles. The Bertz CT molecular complexity index is 718. The van der Waals surface area contributed by atoms with Gasteiger partial charge < -0.3 is 10.4 Å². The second-order valence-corrected chi connectivity index (χ2v) is 4.55. The second-order valence-electron chi connectivity index (χ2n) is 4.55. The van der Waals surface area contributed by atoms with Crippen molar-refractivity contribution in [3.63, 3.8) is 0 Å². The molecule has 0 aliphatic rings. The Hall–Kier alpha value is -2.49. The van der Waals surface area contributed by atoms with Crippen LogP contribution in [-0.2, 0) is 6.54 Å². The van der Waals surface area contributed by atoms with Gasteiger partial charge in [0, 0.05) is 34.3 Å². The number of nitrogens with zero attached hydrogens (tertiary/aromatic N) is 1. The number of anilines is 1. The molecule has 0 saturated carbocycles. The molecule has 96 valence electrons. The van der Waals surface area contributed by atoms with Gasteiger partial charge in [-0.3, -0.25) is 5.10 Å². The molecule has 4 nitrogen and oxygen atoms in total. The Balaban J connectivity index is 1.93. The highest BCUT2D eigenvalue weighted by atomic mass is 16.3. The van der Waals surface area contributed by atoms with Crippen LogP contribution >= 0.6 is 0 Å². The maximum absolute atomic E-state index is 9.85. The Kier molecular flexibility index (Phi) is 2.83. The Morgan fingerprint density at radius 2 is 1.95 bits per heavy atom. The van der Waals surface area contributed by atoms with E-state index < -0.39 is 0 Å². The maximum Gasteiger partial charge on any atom is 0.123 e. The molecule has 0 atom stereocenters. The Morgan fingerprint density at radius 1 is 1.16 bits per heavy atom. The summed E-state index contributed by atoms with van der Waals surface area (Å²) in [6.07, 6.45) is 1.82. The monoisotopic (exact) mass is 253 g/mol. The van der Waals surface area contributed by atoms with Crippen LogP contribution < -0.4 is 5.32 Å². The zero-order chi connectivity index (χ0) is 13.2. The molecular weight excluding hydrogens is 238 g/mol. The summed E-state index contributed by atoms with van der Waals surface area (Å²) in [4.78, 5) is 0. The van der Waals surface area contributed by atoms with Crippen LogP contribution in [0.15, 0.2) is 42.6 Å². The number of nitrogens with one attached hydrogen (secondary N) is 2. The van der Waals surface area contributed by atoms with E-state index >= 15 is 0 Å². The number of aromatic amines is 1. The van der Waals surface area contributed by atoms with Gasteiger partial charge in [0.2, 0.25) is 0 Å². The van der Waals surface area contributed by atoms with Crippen molar-refractivity contribution < 1.29 is 5.11 Å². The van der Waals surface area contributed by atoms with Crippen LogP contribution in [0.1, 0.15) is 11.3 Å². The molecule has 0 spiro atoms. The van der Waals surface area contributed by atoms with Crippen molar-refractivity contribution in [3.05, 3.63) is 53.9 Å². The summed E-state index contributed by atoms with van der Waals surface area (Å²) in [6, 6.07) is 11.4. The summed E-state index contributed by atoms with van der Waals surface area (Å²) >= 11 is 0. The molecule has 4 heteroatoms. The lowest BCUT2D eigenvalue weighted by atomic mass is 10.1. The van der Waals surface area contributed by atoms with Gasteiger partial charge >= 0.3 is 0 Å². The number of benzene rings is 2. The molecule has 0 aliphatic carbocycles. The van der Waals surface area contributed by atoms with Gasteiger partial charge in [-0.1, -0.05) is 24.3 Å². The van der Waals surface area contributed by atoms with Crippen molar-refractivity contribution in [2.24, 2.45) is 0 Å². The van der Waals surface area contributed by atoms with E-state index in [1.54, 1.807) is 6.07 Å².